The van der Waals surface area contributed by atoms with E-state index < -0.39 is 23.5 Å². The molecule has 1 heterocycles. The Morgan fingerprint density at radius 3 is 2.17 bits per heavy atom. The number of hydrogen-bond acceptors (Lipinski definition) is 2. The van der Waals surface area contributed by atoms with Crippen LogP contribution in [0.2, 0.25) is 0 Å². The molecule has 3 rings (SSSR count). The van der Waals surface area contributed by atoms with E-state index in [9.17, 15) is 31.1 Å². The Morgan fingerprint density at radius 1 is 0.966 bits per heavy atom. The van der Waals surface area contributed by atoms with Gasteiger partial charge in [-0.05, 0) is 60.3 Å². The average molecular weight is 416 g/mol. The first-order valence-corrected chi connectivity index (χ1v) is 8.94. The minimum absolute atomic E-state index is 0.0994. The number of nitrogens with one attached hydrogen (secondary N) is 2. The molecule has 29 heavy (non-hydrogen) atoms. The Labute approximate surface area is 163 Å². The zero-order valence-electron chi connectivity index (χ0n) is 15.1. The highest BCUT2D eigenvalue weighted by atomic mass is 19.4. The van der Waals surface area contributed by atoms with Crippen molar-refractivity contribution in [1.82, 2.24) is 10.6 Å². The normalized spacial score (nSPS) is 17.4. The molecule has 156 valence electrons. The van der Waals surface area contributed by atoms with Crippen LogP contribution >= 0.6 is 0 Å². The van der Waals surface area contributed by atoms with Crippen LogP contribution in [-0.4, -0.2) is 18.5 Å². The quantitative estimate of drug-likeness (QED) is 0.706. The van der Waals surface area contributed by atoms with E-state index in [0.717, 1.165) is 19.4 Å². The largest absolute Gasteiger partial charge is 0.416 e. The number of halogens is 6. The molecule has 3 nitrogen and oxygen atoms in total. The van der Waals surface area contributed by atoms with Crippen LogP contribution < -0.4 is 10.6 Å². The van der Waals surface area contributed by atoms with E-state index in [0.29, 0.717) is 17.7 Å². The molecule has 1 aliphatic rings. The summed E-state index contributed by atoms with van der Waals surface area (Å²) in [6, 6.07) is 7.27. The summed E-state index contributed by atoms with van der Waals surface area (Å²) < 4.78 is 78.4. The van der Waals surface area contributed by atoms with E-state index in [4.69, 9.17) is 0 Å². The maximum atomic E-state index is 13.1. The average Bonchev–Trinajstić information content (AvgIpc) is 3.19. The smallest absolute Gasteiger partial charge is 0.351 e. The third kappa shape index (κ3) is 5.29. The number of hydrogen-bond donors (Lipinski definition) is 2. The van der Waals surface area contributed by atoms with Crippen molar-refractivity contribution in [2.24, 2.45) is 0 Å². The number of carbonyl (C=O) groups is 1. The molecular weight excluding hydrogens is 398 g/mol. The molecule has 9 heteroatoms. The van der Waals surface area contributed by atoms with E-state index in [-0.39, 0.29) is 35.7 Å². The maximum Gasteiger partial charge on any atom is 0.416 e. The van der Waals surface area contributed by atoms with Gasteiger partial charge in [0.25, 0.3) is 0 Å². The standard InChI is InChI=1S/C20H18F6N2O/c21-19(22,23)15-8-14(9-16(10-15)20(24,25)26)13-4-1-3-12(7-13)11-28-18(29)17-5-2-6-27-17/h1,3-4,7-10,17,27H,2,5-6,11H2,(H,28,29). The maximum absolute atomic E-state index is 13.1. The molecule has 1 atom stereocenters. The summed E-state index contributed by atoms with van der Waals surface area (Å²) in [5, 5.41) is 5.77. The first-order valence-electron chi connectivity index (χ1n) is 8.94. The van der Waals surface area contributed by atoms with Gasteiger partial charge in [0.2, 0.25) is 5.91 Å². The minimum Gasteiger partial charge on any atom is -0.351 e. The number of rotatable bonds is 4. The molecular formula is C20H18F6N2O. The van der Waals surface area contributed by atoms with Crippen molar-refractivity contribution < 1.29 is 31.1 Å². The van der Waals surface area contributed by atoms with E-state index >= 15 is 0 Å². The summed E-state index contributed by atoms with van der Waals surface area (Å²) in [6.07, 6.45) is -8.20. The molecule has 0 spiro atoms. The Kier molecular flexibility index (Phi) is 5.88. The molecule has 2 N–H and O–H groups in total. The van der Waals surface area contributed by atoms with Gasteiger partial charge in [0, 0.05) is 6.54 Å². The fourth-order valence-electron chi connectivity index (χ4n) is 3.20. The van der Waals surface area contributed by atoms with Crippen molar-refractivity contribution in [1.29, 1.82) is 0 Å². The van der Waals surface area contributed by atoms with Gasteiger partial charge >= 0.3 is 12.4 Å². The molecule has 1 aliphatic heterocycles. The number of carbonyl (C=O) groups excluding carboxylic acids is 1. The molecule has 0 aromatic heterocycles. The van der Waals surface area contributed by atoms with Crippen LogP contribution in [0, 0.1) is 0 Å². The second-order valence-corrected chi connectivity index (χ2v) is 6.86. The summed E-state index contributed by atoms with van der Waals surface area (Å²) in [6.45, 7) is 0.876. The summed E-state index contributed by atoms with van der Waals surface area (Å²) in [4.78, 5) is 12.1. The second-order valence-electron chi connectivity index (χ2n) is 6.86. The van der Waals surface area contributed by atoms with Crippen LogP contribution in [-0.2, 0) is 23.7 Å². The Balaban J connectivity index is 1.86. The second kappa shape index (κ2) is 8.06. The summed E-state index contributed by atoms with van der Waals surface area (Å²) in [5.74, 6) is -0.189. The van der Waals surface area contributed by atoms with Crippen molar-refractivity contribution in [2.45, 2.75) is 37.8 Å². The van der Waals surface area contributed by atoms with Crippen LogP contribution in [0.1, 0.15) is 29.5 Å². The highest BCUT2D eigenvalue weighted by Crippen LogP contribution is 2.38. The van der Waals surface area contributed by atoms with Crippen molar-refractivity contribution >= 4 is 5.91 Å². The first kappa shape index (κ1) is 21.2. The lowest BCUT2D eigenvalue weighted by molar-refractivity contribution is -0.143. The highest BCUT2D eigenvalue weighted by molar-refractivity contribution is 5.82. The molecule has 1 fully saturated rings. The zero-order valence-corrected chi connectivity index (χ0v) is 15.1. The lowest BCUT2D eigenvalue weighted by atomic mass is 9.97. The molecule has 2 aromatic carbocycles. The van der Waals surface area contributed by atoms with Gasteiger partial charge in [-0.1, -0.05) is 18.2 Å². The third-order valence-electron chi connectivity index (χ3n) is 4.69. The van der Waals surface area contributed by atoms with Gasteiger partial charge in [-0.3, -0.25) is 4.79 Å². The van der Waals surface area contributed by atoms with Gasteiger partial charge in [-0.25, -0.2) is 0 Å². The van der Waals surface area contributed by atoms with Gasteiger partial charge in [-0.2, -0.15) is 26.3 Å². The van der Waals surface area contributed by atoms with Gasteiger partial charge in [0.15, 0.2) is 0 Å². The molecule has 0 saturated carbocycles. The van der Waals surface area contributed by atoms with Crippen molar-refractivity contribution in [3.8, 4) is 11.1 Å². The van der Waals surface area contributed by atoms with Crippen molar-refractivity contribution in [2.75, 3.05) is 6.54 Å². The van der Waals surface area contributed by atoms with Crippen LogP contribution in [0.15, 0.2) is 42.5 Å². The summed E-state index contributed by atoms with van der Waals surface area (Å²) >= 11 is 0. The Bertz CT molecular complexity index is 853. The fourth-order valence-corrected chi connectivity index (χ4v) is 3.20. The van der Waals surface area contributed by atoms with Crippen molar-refractivity contribution in [3.05, 3.63) is 59.2 Å². The molecule has 1 unspecified atom stereocenters. The van der Waals surface area contributed by atoms with Crippen LogP contribution in [0.5, 0.6) is 0 Å². The van der Waals surface area contributed by atoms with Crippen molar-refractivity contribution in [3.63, 3.8) is 0 Å². The minimum atomic E-state index is -4.91. The molecule has 1 saturated heterocycles. The van der Waals surface area contributed by atoms with Gasteiger partial charge in [-0.15, -0.1) is 0 Å². The molecule has 2 aromatic rings. The van der Waals surface area contributed by atoms with Gasteiger partial charge in [0.1, 0.15) is 0 Å². The monoisotopic (exact) mass is 416 g/mol. The lowest BCUT2D eigenvalue weighted by Gasteiger charge is -2.15. The first-order chi connectivity index (χ1) is 13.5. The van der Waals surface area contributed by atoms with E-state index in [1.54, 1.807) is 6.07 Å². The van der Waals surface area contributed by atoms with Gasteiger partial charge < -0.3 is 10.6 Å². The lowest BCUT2D eigenvalue weighted by Crippen LogP contribution is -2.39. The predicted octanol–water partition coefficient (Wildman–Crippen LogP) is 4.76. The molecule has 0 radical (unpaired) electrons. The summed E-state index contributed by atoms with van der Waals surface area (Å²) in [5.41, 5.74) is -2.16. The summed E-state index contributed by atoms with van der Waals surface area (Å²) in [7, 11) is 0. The fraction of sp³-hybridized carbons (Fsp3) is 0.350. The molecule has 0 aliphatic carbocycles. The van der Waals surface area contributed by atoms with E-state index in [1.807, 2.05) is 0 Å². The Morgan fingerprint density at radius 2 is 1.62 bits per heavy atom. The number of benzene rings is 2. The Hall–Kier alpha value is -2.55. The number of amides is 1. The van der Waals surface area contributed by atoms with Crippen LogP contribution in [0.25, 0.3) is 11.1 Å². The van der Waals surface area contributed by atoms with E-state index in [2.05, 4.69) is 10.6 Å². The van der Waals surface area contributed by atoms with E-state index in [1.165, 1.54) is 18.2 Å². The highest BCUT2D eigenvalue weighted by Gasteiger charge is 2.37. The zero-order chi connectivity index (χ0) is 21.2. The SMILES string of the molecule is O=C(NCc1cccc(-c2cc(C(F)(F)F)cc(C(F)(F)F)c2)c1)C1CCCN1. The van der Waals surface area contributed by atoms with Gasteiger partial charge in [0.05, 0.1) is 17.2 Å². The molecule has 1 amide bonds. The number of alkyl halides is 6. The predicted molar refractivity (Wildman–Crippen MR) is 94.8 cm³/mol. The van der Waals surface area contributed by atoms with Crippen LogP contribution in [0.4, 0.5) is 26.3 Å². The topological polar surface area (TPSA) is 41.1 Å². The molecule has 0 bridgehead atoms. The third-order valence-corrected chi connectivity index (χ3v) is 4.69. The van der Waals surface area contributed by atoms with Crippen LogP contribution in [0.3, 0.4) is 0 Å².